The third kappa shape index (κ3) is 5.17. The number of aryl methyl sites for hydroxylation is 1. The third-order valence-electron chi connectivity index (χ3n) is 4.43. The molecule has 3 rings (SSSR count). The molecule has 1 aromatic heterocycles. The van der Waals surface area contributed by atoms with Gasteiger partial charge < -0.3 is 14.8 Å². The Hall–Kier alpha value is -1.64. The number of guanidine groups is 1. The maximum atomic E-state index is 4.39. The number of nitrogens with zero attached hydrogens (tertiary/aromatic N) is 5. The number of benzene rings is 1. The first kappa shape index (κ1) is 19.7. The number of aliphatic imine (C=N–C) groups is 1. The molecule has 0 aliphatic carbocycles. The molecule has 1 aliphatic heterocycles. The SMILES string of the molecule is CN=C(NCc1nnc2n1CCCCC2)N(C)Cc1ccccc1.I. The van der Waals surface area contributed by atoms with E-state index in [4.69, 9.17) is 0 Å². The zero-order chi connectivity index (χ0) is 16.8. The van der Waals surface area contributed by atoms with E-state index in [1.165, 1.54) is 24.8 Å². The Balaban J connectivity index is 0.00000225. The first-order chi connectivity index (χ1) is 11.8. The Bertz CT molecular complexity index is 682. The molecule has 0 spiro atoms. The number of aromatic nitrogens is 3. The molecule has 0 unspecified atom stereocenters. The minimum atomic E-state index is 0. The number of rotatable bonds is 4. The van der Waals surface area contributed by atoms with E-state index in [1.54, 1.807) is 0 Å². The molecule has 136 valence electrons. The van der Waals surface area contributed by atoms with Crippen LogP contribution < -0.4 is 5.32 Å². The van der Waals surface area contributed by atoms with Crippen molar-refractivity contribution in [1.29, 1.82) is 0 Å². The smallest absolute Gasteiger partial charge is 0.194 e. The summed E-state index contributed by atoms with van der Waals surface area (Å²) in [6, 6.07) is 10.4. The van der Waals surface area contributed by atoms with Crippen molar-refractivity contribution in [2.24, 2.45) is 4.99 Å². The van der Waals surface area contributed by atoms with Crippen molar-refractivity contribution in [2.45, 2.75) is 45.3 Å². The van der Waals surface area contributed by atoms with Crippen LogP contribution in [0.15, 0.2) is 35.3 Å². The fourth-order valence-electron chi connectivity index (χ4n) is 3.15. The molecule has 1 aliphatic rings. The second-order valence-corrected chi connectivity index (χ2v) is 6.24. The van der Waals surface area contributed by atoms with Crippen LogP contribution in [0.25, 0.3) is 0 Å². The van der Waals surface area contributed by atoms with Crippen LogP contribution >= 0.6 is 24.0 Å². The van der Waals surface area contributed by atoms with E-state index in [1.807, 2.05) is 20.2 Å². The minimum absolute atomic E-state index is 0. The van der Waals surface area contributed by atoms with Crippen molar-refractivity contribution in [2.75, 3.05) is 14.1 Å². The minimum Gasteiger partial charge on any atom is -0.349 e. The summed E-state index contributed by atoms with van der Waals surface area (Å²) in [6.07, 6.45) is 4.74. The van der Waals surface area contributed by atoms with Crippen LogP contribution in [-0.2, 0) is 26.1 Å². The number of hydrogen-bond donors (Lipinski definition) is 1. The van der Waals surface area contributed by atoms with Gasteiger partial charge in [-0.25, -0.2) is 0 Å². The van der Waals surface area contributed by atoms with E-state index >= 15 is 0 Å². The highest BCUT2D eigenvalue weighted by molar-refractivity contribution is 14.0. The molecule has 0 radical (unpaired) electrons. The predicted molar refractivity (Wildman–Crippen MR) is 111 cm³/mol. The van der Waals surface area contributed by atoms with Crippen molar-refractivity contribution in [1.82, 2.24) is 25.0 Å². The second-order valence-electron chi connectivity index (χ2n) is 6.24. The lowest BCUT2D eigenvalue weighted by Gasteiger charge is -2.22. The highest BCUT2D eigenvalue weighted by Crippen LogP contribution is 2.14. The molecule has 0 saturated heterocycles. The normalized spacial score (nSPS) is 14.2. The van der Waals surface area contributed by atoms with Crippen molar-refractivity contribution >= 4 is 29.9 Å². The molecule has 7 heteroatoms. The Labute approximate surface area is 166 Å². The lowest BCUT2D eigenvalue weighted by atomic mass is 10.2. The predicted octanol–water partition coefficient (Wildman–Crippen LogP) is 2.83. The first-order valence-electron chi connectivity index (χ1n) is 8.64. The highest BCUT2D eigenvalue weighted by atomic mass is 127. The van der Waals surface area contributed by atoms with Gasteiger partial charge in [-0.05, 0) is 18.4 Å². The molecule has 0 amide bonds. The van der Waals surface area contributed by atoms with Gasteiger partial charge in [-0.3, -0.25) is 4.99 Å². The van der Waals surface area contributed by atoms with E-state index < -0.39 is 0 Å². The van der Waals surface area contributed by atoms with Gasteiger partial charge in [-0.2, -0.15) is 0 Å². The van der Waals surface area contributed by atoms with Gasteiger partial charge in [0.1, 0.15) is 5.82 Å². The molecule has 25 heavy (non-hydrogen) atoms. The average molecular weight is 454 g/mol. The number of hydrogen-bond acceptors (Lipinski definition) is 3. The van der Waals surface area contributed by atoms with Gasteiger partial charge in [-0.1, -0.05) is 36.8 Å². The summed E-state index contributed by atoms with van der Waals surface area (Å²) in [5.74, 6) is 2.99. The summed E-state index contributed by atoms with van der Waals surface area (Å²) in [5, 5.41) is 12.1. The average Bonchev–Trinajstić information content (AvgIpc) is 2.83. The highest BCUT2D eigenvalue weighted by Gasteiger charge is 2.15. The van der Waals surface area contributed by atoms with Gasteiger partial charge in [-0.15, -0.1) is 34.2 Å². The number of nitrogens with one attached hydrogen (secondary N) is 1. The third-order valence-corrected chi connectivity index (χ3v) is 4.43. The van der Waals surface area contributed by atoms with E-state index in [9.17, 15) is 0 Å². The van der Waals surface area contributed by atoms with Crippen molar-refractivity contribution in [3.63, 3.8) is 0 Å². The number of halogens is 1. The molecule has 2 heterocycles. The summed E-state index contributed by atoms with van der Waals surface area (Å²) in [5.41, 5.74) is 1.26. The molecule has 0 fully saturated rings. The van der Waals surface area contributed by atoms with Gasteiger partial charge in [0.25, 0.3) is 0 Å². The van der Waals surface area contributed by atoms with Crippen LogP contribution in [0.5, 0.6) is 0 Å². The van der Waals surface area contributed by atoms with Gasteiger partial charge in [0, 0.05) is 33.6 Å². The zero-order valence-corrected chi connectivity index (χ0v) is 17.3. The fraction of sp³-hybridized carbons (Fsp3) is 0.500. The summed E-state index contributed by atoms with van der Waals surface area (Å²) >= 11 is 0. The maximum Gasteiger partial charge on any atom is 0.194 e. The second kappa shape index (κ2) is 9.74. The van der Waals surface area contributed by atoms with Crippen LogP contribution in [0.3, 0.4) is 0 Å². The molecular formula is C18H27IN6. The Morgan fingerprint density at radius 3 is 2.76 bits per heavy atom. The molecule has 6 nitrogen and oxygen atoms in total. The topological polar surface area (TPSA) is 58.3 Å². The largest absolute Gasteiger partial charge is 0.349 e. The zero-order valence-electron chi connectivity index (χ0n) is 15.0. The summed E-state index contributed by atoms with van der Waals surface area (Å²) in [7, 11) is 3.86. The van der Waals surface area contributed by atoms with Gasteiger partial charge in [0.15, 0.2) is 11.8 Å². The van der Waals surface area contributed by atoms with Crippen LogP contribution in [0.1, 0.15) is 36.5 Å². The van der Waals surface area contributed by atoms with Crippen LogP contribution in [0.2, 0.25) is 0 Å². The Morgan fingerprint density at radius 1 is 1.20 bits per heavy atom. The van der Waals surface area contributed by atoms with Gasteiger partial charge >= 0.3 is 0 Å². The Kier molecular flexibility index (Phi) is 7.67. The molecule has 1 aromatic carbocycles. The van der Waals surface area contributed by atoms with Crippen molar-refractivity contribution in [3.8, 4) is 0 Å². The van der Waals surface area contributed by atoms with Crippen molar-refractivity contribution in [3.05, 3.63) is 47.5 Å². The monoisotopic (exact) mass is 454 g/mol. The quantitative estimate of drug-likeness (QED) is 0.439. The Morgan fingerprint density at radius 2 is 2.00 bits per heavy atom. The molecule has 0 saturated carbocycles. The molecule has 1 N–H and O–H groups in total. The summed E-state index contributed by atoms with van der Waals surface area (Å²) in [6.45, 7) is 2.50. The molecule has 0 bridgehead atoms. The molecular weight excluding hydrogens is 427 g/mol. The van der Waals surface area contributed by atoms with Gasteiger partial charge in [0.05, 0.1) is 6.54 Å². The van der Waals surface area contributed by atoms with Crippen LogP contribution in [-0.4, -0.2) is 39.7 Å². The number of fused-ring (bicyclic) bond motifs is 1. The molecule has 0 atom stereocenters. The van der Waals surface area contributed by atoms with E-state index in [0.29, 0.717) is 6.54 Å². The van der Waals surface area contributed by atoms with Gasteiger partial charge in [0.2, 0.25) is 0 Å². The van der Waals surface area contributed by atoms with E-state index in [0.717, 1.165) is 37.1 Å². The van der Waals surface area contributed by atoms with Crippen LogP contribution in [0, 0.1) is 0 Å². The standard InChI is InChI=1S/C18H26N6.HI/c1-19-18(23(2)14-15-9-5-3-6-10-15)20-13-17-22-21-16-11-7-4-8-12-24(16)17;/h3,5-6,9-10H,4,7-8,11-14H2,1-2H3,(H,19,20);1H. The van der Waals surface area contributed by atoms with E-state index in [-0.39, 0.29) is 24.0 Å². The molecule has 2 aromatic rings. The lowest BCUT2D eigenvalue weighted by Crippen LogP contribution is -2.38. The maximum absolute atomic E-state index is 4.39. The summed E-state index contributed by atoms with van der Waals surface area (Å²) in [4.78, 5) is 6.51. The first-order valence-corrected chi connectivity index (χ1v) is 8.64. The fourth-order valence-corrected chi connectivity index (χ4v) is 3.15. The van der Waals surface area contributed by atoms with Crippen LogP contribution in [0.4, 0.5) is 0 Å². The lowest BCUT2D eigenvalue weighted by molar-refractivity contribution is 0.473. The summed E-state index contributed by atoms with van der Waals surface area (Å²) < 4.78 is 2.27. The van der Waals surface area contributed by atoms with E-state index in [2.05, 4.69) is 54.2 Å². The van der Waals surface area contributed by atoms with Crippen molar-refractivity contribution < 1.29 is 0 Å².